The lowest BCUT2D eigenvalue weighted by Crippen LogP contribution is -2.42. The van der Waals surface area contributed by atoms with Crippen molar-refractivity contribution in [2.45, 2.75) is 57.5 Å². The van der Waals surface area contributed by atoms with E-state index in [-0.39, 0.29) is 6.04 Å². The number of rotatable bonds is 7. The third-order valence-corrected chi connectivity index (χ3v) is 7.02. The molecule has 0 N–H and O–H groups in total. The molecule has 152 valence electrons. The maximum atomic E-state index is 6.35. The lowest BCUT2D eigenvalue weighted by atomic mass is 9.84. The van der Waals surface area contributed by atoms with Crippen LogP contribution in [0, 0.1) is 5.92 Å². The van der Waals surface area contributed by atoms with Gasteiger partial charge in [0.15, 0.2) is 0 Å². The first kappa shape index (κ1) is 19.9. The van der Waals surface area contributed by atoms with Crippen LogP contribution in [0.4, 0.5) is 0 Å². The van der Waals surface area contributed by atoms with Gasteiger partial charge in [-0.2, -0.15) is 0 Å². The normalized spacial score (nSPS) is 26.9. The fourth-order valence-electron chi connectivity index (χ4n) is 4.49. The Labute approximate surface area is 174 Å². The van der Waals surface area contributed by atoms with E-state index in [4.69, 9.17) is 11.6 Å². The largest absolute Gasteiger partial charge is 0.308 e. The summed E-state index contributed by atoms with van der Waals surface area (Å²) in [7, 11) is 4.42. The van der Waals surface area contributed by atoms with Crippen LogP contribution in [0.5, 0.6) is 0 Å². The predicted octanol–water partition coefficient (Wildman–Crippen LogP) is 4.72. The van der Waals surface area contributed by atoms with Gasteiger partial charge in [0.1, 0.15) is 5.17 Å². The molecule has 4 aliphatic rings. The summed E-state index contributed by atoms with van der Waals surface area (Å²) >= 11 is 6.35. The molecular formula is C23H33ClN4. The van der Waals surface area contributed by atoms with Gasteiger partial charge in [-0.3, -0.25) is 4.90 Å². The van der Waals surface area contributed by atoms with Crippen molar-refractivity contribution < 1.29 is 0 Å². The summed E-state index contributed by atoms with van der Waals surface area (Å²) in [5.74, 6) is 0.793. The van der Waals surface area contributed by atoms with Crippen LogP contribution in [0.1, 0.15) is 45.4 Å². The molecule has 1 atom stereocenters. The van der Waals surface area contributed by atoms with E-state index in [1.165, 1.54) is 49.7 Å². The SMILES string of the molecule is CC(=C\C1CCC1)/C=C(\CN(C)C1CCC1)CN1C=C2C(Cl)=NC=CC2N1C. The number of hydrazine groups is 1. The van der Waals surface area contributed by atoms with E-state index < -0.39 is 0 Å². The first-order valence-electron chi connectivity index (χ1n) is 10.7. The van der Waals surface area contributed by atoms with E-state index in [1.807, 2.05) is 6.20 Å². The third-order valence-electron chi connectivity index (χ3n) is 6.70. The zero-order valence-corrected chi connectivity index (χ0v) is 18.2. The smallest absolute Gasteiger partial charge is 0.135 e. The second-order valence-corrected chi connectivity index (χ2v) is 9.22. The number of fused-ring (bicyclic) bond motifs is 1. The Kier molecular flexibility index (Phi) is 6.10. The van der Waals surface area contributed by atoms with Gasteiger partial charge in [0.25, 0.3) is 0 Å². The molecule has 28 heavy (non-hydrogen) atoms. The van der Waals surface area contributed by atoms with Crippen LogP contribution in [0.25, 0.3) is 0 Å². The van der Waals surface area contributed by atoms with Gasteiger partial charge in [-0.25, -0.2) is 10.0 Å². The molecule has 0 aromatic rings. The summed E-state index contributed by atoms with van der Waals surface area (Å²) in [6.07, 6.45) is 19.2. The second-order valence-electron chi connectivity index (χ2n) is 8.87. The predicted molar refractivity (Wildman–Crippen MR) is 118 cm³/mol. The highest BCUT2D eigenvalue weighted by atomic mass is 35.5. The molecule has 0 amide bonds. The molecule has 2 heterocycles. The summed E-state index contributed by atoms with van der Waals surface area (Å²) in [4.78, 5) is 6.79. The van der Waals surface area contributed by atoms with Crippen LogP contribution >= 0.6 is 11.6 Å². The van der Waals surface area contributed by atoms with E-state index >= 15 is 0 Å². The minimum Gasteiger partial charge on any atom is -0.308 e. The van der Waals surface area contributed by atoms with Gasteiger partial charge in [0.05, 0.1) is 12.6 Å². The number of hydrogen-bond donors (Lipinski definition) is 0. The fourth-order valence-corrected chi connectivity index (χ4v) is 4.71. The molecular weight excluding hydrogens is 368 g/mol. The zero-order chi connectivity index (χ0) is 19.7. The number of hydrogen-bond acceptors (Lipinski definition) is 4. The maximum absolute atomic E-state index is 6.35. The van der Waals surface area contributed by atoms with Gasteiger partial charge in [-0.05, 0) is 57.2 Å². The maximum Gasteiger partial charge on any atom is 0.135 e. The minimum atomic E-state index is 0.197. The first-order valence-corrected chi connectivity index (χ1v) is 11.1. The van der Waals surface area contributed by atoms with E-state index in [1.54, 1.807) is 0 Å². The van der Waals surface area contributed by atoms with E-state index in [9.17, 15) is 0 Å². The van der Waals surface area contributed by atoms with Crippen LogP contribution in [-0.4, -0.2) is 59.4 Å². The standard InChI is InChI=1S/C23H33ClN4/c1-17(12-18-6-4-7-18)13-19(14-26(2)20-8-5-9-20)15-28-16-21-22(27(28)3)10-11-25-23(21)24/h10-13,16,18,20,22H,4-9,14-15H2,1-3H3/b17-12+,19-13+. The van der Waals surface area contributed by atoms with Crippen molar-refractivity contribution in [3.63, 3.8) is 0 Å². The fraction of sp³-hybridized carbons (Fsp3) is 0.609. The summed E-state index contributed by atoms with van der Waals surface area (Å²) in [6, 6.07) is 0.947. The van der Waals surface area contributed by atoms with Crippen molar-refractivity contribution in [3.05, 3.63) is 47.3 Å². The van der Waals surface area contributed by atoms with E-state index in [2.05, 4.69) is 65.4 Å². The third kappa shape index (κ3) is 4.29. The molecule has 2 aliphatic heterocycles. The summed E-state index contributed by atoms with van der Waals surface area (Å²) in [5, 5.41) is 5.18. The number of halogens is 1. The molecule has 0 saturated heterocycles. The summed E-state index contributed by atoms with van der Waals surface area (Å²) in [6.45, 7) is 4.18. The topological polar surface area (TPSA) is 22.1 Å². The molecule has 5 heteroatoms. The Morgan fingerprint density at radius 3 is 2.64 bits per heavy atom. The van der Waals surface area contributed by atoms with Crippen LogP contribution in [0.3, 0.4) is 0 Å². The van der Waals surface area contributed by atoms with Crippen molar-refractivity contribution >= 4 is 16.8 Å². The number of likely N-dealkylation sites (N-methyl/N-ethyl adjacent to an activating group) is 2. The molecule has 2 aliphatic carbocycles. The Morgan fingerprint density at radius 1 is 1.29 bits per heavy atom. The van der Waals surface area contributed by atoms with Crippen LogP contribution < -0.4 is 0 Å². The molecule has 4 rings (SSSR count). The molecule has 0 aromatic heterocycles. The minimum absolute atomic E-state index is 0.197. The van der Waals surface area contributed by atoms with Gasteiger partial charge in [-0.1, -0.05) is 42.2 Å². The Morgan fingerprint density at radius 2 is 2.04 bits per heavy atom. The van der Waals surface area contributed by atoms with Gasteiger partial charge in [-0.15, -0.1) is 0 Å². The van der Waals surface area contributed by atoms with Crippen molar-refractivity contribution in [1.29, 1.82) is 0 Å². The summed E-state index contributed by atoms with van der Waals surface area (Å²) in [5.41, 5.74) is 3.97. The zero-order valence-electron chi connectivity index (χ0n) is 17.4. The molecule has 0 spiro atoms. The van der Waals surface area contributed by atoms with E-state index in [0.717, 1.165) is 30.6 Å². The quantitative estimate of drug-likeness (QED) is 0.577. The van der Waals surface area contributed by atoms with Crippen molar-refractivity contribution in [3.8, 4) is 0 Å². The lowest BCUT2D eigenvalue weighted by molar-refractivity contribution is 0.0672. The molecule has 2 saturated carbocycles. The second kappa shape index (κ2) is 8.56. The molecule has 0 radical (unpaired) electrons. The van der Waals surface area contributed by atoms with Crippen LogP contribution in [-0.2, 0) is 0 Å². The molecule has 0 bridgehead atoms. The van der Waals surface area contributed by atoms with Gasteiger partial charge in [0, 0.05) is 37.6 Å². The van der Waals surface area contributed by atoms with Crippen LogP contribution in [0.15, 0.2) is 52.3 Å². The molecule has 1 unspecified atom stereocenters. The monoisotopic (exact) mass is 400 g/mol. The average molecular weight is 401 g/mol. The highest BCUT2D eigenvalue weighted by molar-refractivity contribution is 6.70. The number of nitrogens with zero attached hydrogens (tertiary/aromatic N) is 4. The Hall–Kier alpha value is -1.36. The molecule has 0 aromatic carbocycles. The summed E-state index contributed by atoms with van der Waals surface area (Å²) < 4.78 is 0. The highest BCUT2D eigenvalue weighted by Gasteiger charge is 2.32. The lowest BCUT2D eigenvalue weighted by Gasteiger charge is -2.36. The van der Waals surface area contributed by atoms with Crippen molar-refractivity contribution in [2.75, 3.05) is 27.2 Å². The first-order chi connectivity index (χ1) is 13.5. The molecule has 2 fully saturated rings. The molecule has 4 nitrogen and oxygen atoms in total. The Balaban J connectivity index is 1.50. The van der Waals surface area contributed by atoms with Gasteiger partial charge < -0.3 is 5.01 Å². The van der Waals surface area contributed by atoms with Gasteiger partial charge in [0.2, 0.25) is 0 Å². The Bertz CT molecular complexity index is 740. The number of allylic oxidation sites excluding steroid dienone is 3. The highest BCUT2D eigenvalue weighted by Crippen LogP contribution is 2.31. The van der Waals surface area contributed by atoms with Crippen molar-refractivity contribution in [1.82, 2.24) is 14.9 Å². The van der Waals surface area contributed by atoms with Crippen LogP contribution in [0.2, 0.25) is 0 Å². The van der Waals surface area contributed by atoms with Gasteiger partial charge >= 0.3 is 0 Å². The van der Waals surface area contributed by atoms with Crippen molar-refractivity contribution in [2.24, 2.45) is 10.9 Å². The van der Waals surface area contributed by atoms with E-state index in [0.29, 0.717) is 5.17 Å². The number of aliphatic imine (C=N–C) groups is 1. The average Bonchev–Trinajstić information content (AvgIpc) is 2.87.